The lowest BCUT2D eigenvalue weighted by atomic mass is 9.49. The number of ether oxygens (including phenoxy) is 3. The van der Waals surface area contributed by atoms with Crippen LogP contribution in [0.25, 0.3) is 0 Å². The minimum atomic E-state index is -1.25. The summed E-state index contributed by atoms with van der Waals surface area (Å²) < 4.78 is 18.9. The Kier molecular flexibility index (Phi) is 4.47. The van der Waals surface area contributed by atoms with Crippen molar-refractivity contribution in [2.24, 2.45) is 17.8 Å². The Balaban J connectivity index is 1.72. The van der Waals surface area contributed by atoms with Crippen LogP contribution in [0.3, 0.4) is 0 Å². The van der Waals surface area contributed by atoms with E-state index in [1.165, 1.54) is 6.07 Å². The number of ketones is 2. The van der Waals surface area contributed by atoms with Gasteiger partial charge >= 0.3 is 0 Å². The molecule has 1 saturated carbocycles. The molecule has 5 atom stereocenters. The van der Waals surface area contributed by atoms with Crippen molar-refractivity contribution >= 4 is 11.6 Å². The maximum atomic E-state index is 13.9. The van der Waals surface area contributed by atoms with Gasteiger partial charge in [0.1, 0.15) is 17.1 Å². The number of Topliss-reactive ketones (excluding diaryl/α,β-unsaturated/α-hetero) is 2. The van der Waals surface area contributed by atoms with E-state index in [4.69, 9.17) is 14.2 Å². The standard InChI is InChI=1S/C25H28O6/c1-13(2)8-9-24-23(28)15-10-17-22(27)21-19(26)6-5-7-20(21)31-25(17,24)18(12-30-24)16(15)11-29-14(3)4/h5-8,10,14-16,18,26H,9,11-12H2,1-4H3/t15-,16+,18-,24?,25-/m1/s1. The molecule has 1 aromatic rings. The summed E-state index contributed by atoms with van der Waals surface area (Å²) in [5.41, 5.74) is -0.801. The van der Waals surface area contributed by atoms with E-state index >= 15 is 0 Å². The van der Waals surface area contributed by atoms with Crippen LogP contribution < -0.4 is 4.74 Å². The summed E-state index contributed by atoms with van der Waals surface area (Å²) in [6.07, 6.45) is 4.12. The molecule has 6 rings (SSSR count). The average molecular weight is 424 g/mol. The van der Waals surface area contributed by atoms with Gasteiger partial charge in [0.15, 0.2) is 22.8 Å². The van der Waals surface area contributed by atoms with Gasteiger partial charge in [0.25, 0.3) is 0 Å². The summed E-state index contributed by atoms with van der Waals surface area (Å²) >= 11 is 0. The molecule has 1 saturated heterocycles. The van der Waals surface area contributed by atoms with E-state index in [1.807, 2.05) is 33.8 Å². The lowest BCUT2D eigenvalue weighted by Crippen LogP contribution is -2.74. The van der Waals surface area contributed by atoms with Crippen molar-refractivity contribution < 1.29 is 28.9 Å². The summed E-state index contributed by atoms with van der Waals surface area (Å²) in [5, 5.41) is 10.4. The molecule has 0 aromatic heterocycles. The molecule has 31 heavy (non-hydrogen) atoms. The summed E-state index contributed by atoms with van der Waals surface area (Å²) in [7, 11) is 0. The topological polar surface area (TPSA) is 82.1 Å². The Hall–Kier alpha value is -2.44. The molecule has 1 spiro atoms. The van der Waals surface area contributed by atoms with Gasteiger partial charge in [-0.3, -0.25) is 9.59 Å². The van der Waals surface area contributed by atoms with E-state index < -0.39 is 17.1 Å². The third kappa shape index (κ3) is 2.52. The summed E-state index contributed by atoms with van der Waals surface area (Å²) in [5.74, 6) is -0.943. The Morgan fingerprint density at radius 1 is 1.32 bits per heavy atom. The summed E-state index contributed by atoms with van der Waals surface area (Å²) in [4.78, 5) is 27.5. The zero-order chi connectivity index (χ0) is 22.1. The first-order chi connectivity index (χ1) is 14.7. The van der Waals surface area contributed by atoms with Crippen molar-refractivity contribution in [3.63, 3.8) is 0 Å². The SMILES string of the molecule is CC(C)=CCC12OC[C@@H]3[C@@H](COC(C)C)[C@@H](C=C4C(=O)c5c(O)cccc5O[C@]431)C2=O. The fourth-order valence-corrected chi connectivity index (χ4v) is 5.85. The highest BCUT2D eigenvalue weighted by atomic mass is 16.6. The highest BCUT2D eigenvalue weighted by Gasteiger charge is 2.79. The lowest BCUT2D eigenvalue weighted by molar-refractivity contribution is -0.173. The van der Waals surface area contributed by atoms with Gasteiger partial charge in [0, 0.05) is 29.7 Å². The van der Waals surface area contributed by atoms with Crippen LogP contribution in [-0.2, 0) is 14.3 Å². The van der Waals surface area contributed by atoms with Crippen molar-refractivity contribution in [2.45, 2.75) is 51.4 Å². The van der Waals surface area contributed by atoms with E-state index in [2.05, 4.69) is 0 Å². The summed E-state index contributed by atoms with van der Waals surface area (Å²) in [6.45, 7) is 8.60. The Bertz CT molecular complexity index is 1030. The Morgan fingerprint density at radius 2 is 2.10 bits per heavy atom. The van der Waals surface area contributed by atoms with Crippen molar-refractivity contribution in [1.29, 1.82) is 0 Å². The monoisotopic (exact) mass is 424 g/mol. The van der Waals surface area contributed by atoms with Crippen LogP contribution >= 0.6 is 0 Å². The minimum absolute atomic E-state index is 0.0286. The highest BCUT2D eigenvalue weighted by Crippen LogP contribution is 2.65. The number of fused-ring (bicyclic) bond motifs is 1. The molecule has 1 N–H and O–H groups in total. The van der Waals surface area contributed by atoms with Crippen LogP contribution in [0.1, 0.15) is 44.5 Å². The predicted molar refractivity (Wildman–Crippen MR) is 113 cm³/mol. The van der Waals surface area contributed by atoms with Gasteiger partial charge in [-0.1, -0.05) is 23.8 Å². The molecule has 2 heterocycles. The van der Waals surface area contributed by atoms with Crippen molar-refractivity contribution in [3.05, 3.63) is 47.1 Å². The highest BCUT2D eigenvalue weighted by molar-refractivity contribution is 6.18. The maximum Gasteiger partial charge on any atom is 0.200 e. The molecule has 0 radical (unpaired) electrons. The Labute approximate surface area is 181 Å². The zero-order valence-electron chi connectivity index (χ0n) is 18.3. The number of rotatable bonds is 5. The predicted octanol–water partition coefficient (Wildman–Crippen LogP) is 3.63. The van der Waals surface area contributed by atoms with E-state index in [9.17, 15) is 14.7 Å². The number of hydrogen-bond donors (Lipinski definition) is 1. The number of allylic oxidation sites excluding steroid dienone is 2. The normalized spacial score (nSPS) is 34.9. The fourth-order valence-electron chi connectivity index (χ4n) is 5.85. The molecule has 2 aliphatic heterocycles. The molecule has 0 amide bonds. The second kappa shape index (κ2) is 6.78. The first-order valence-corrected chi connectivity index (χ1v) is 10.9. The van der Waals surface area contributed by atoms with Crippen molar-refractivity contribution in [2.75, 3.05) is 13.2 Å². The number of aromatic hydroxyl groups is 1. The van der Waals surface area contributed by atoms with Gasteiger partial charge in [-0.05, 0) is 39.8 Å². The van der Waals surface area contributed by atoms with Crippen LogP contribution in [-0.4, -0.2) is 47.2 Å². The fraction of sp³-hybridized carbons (Fsp3) is 0.520. The van der Waals surface area contributed by atoms with Gasteiger partial charge < -0.3 is 19.3 Å². The zero-order valence-corrected chi connectivity index (χ0v) is 18.3. The minimum Gasteiger partial charge on any atom is -0.507 e. The molecule has 6 nitrogen and oxygen atoms in total. The first-order valence-electron chi connectivity index (χ1n) is 10.9. The number of phenols is 1. The molecule has 5 aliphatic rings. The number of carbonyl (C=O) groups is 2. The van der Waals surface area contributed by atoms with Crippen molar-refractivity contribution in [1.82, 2.24) is 0 Å². The molecule has 4 bridgehead atoms. The van der Waals surface area contributed by atoms with Gasteiger partial charge in [-0.2, -0.15) is 0 Å². The molecule has 1 unspecified atom stereocenters. The number of phenolic OH excluding ortho intramolecular Hbond substituents is 1. The lowest BCUT2D eigenvalue weighted by Gasteiger charge is -2.58. The van der Waals surface area contributed by atoms with Gasteiger partial charge in [0.05, 0.1) is 19.3 Å². The van der Waals surface area contributed by atoms with E-state index in [-0.39, 0.29) is 40.8 Å². The smallest absolute Gasteiger partial charge is 0.200 e. The quantitative estimate of drug-likeness (QED) is 0.727. The molecule has 1 aromatic carbocycles. The molecular weight excluding hydrogens is 396 g/mol. The number of carbonyl (C=O) groups excluding carboxylic acids is 2. The van der Waals surface area contributed by atoms with Crippen LogP contribution in [0.15, 0.2) is 41.5 Å². The molecule has 164 valence electrons. The first kappa shape index (κ1) is 20.5. The molecular formula is C25H28O6. The van der Waals surface area contributed by atoms with Crippen molar-refractivity contribution in [3.8, 4) is 11.5 Å². The van der Waals surface area contributed by atoms with Crippen LogP contribution in [0.5, 0.6) is 11.5 Å². The third-order valence-electron chi connectivity index (χ3n) is 7.22. The van der Waals surface area contributed by atoms with Crippen LogP contribution in [0, 0.1) is 17.8 Å². The molecule has 6 heteroatoms. The second-order valence-corrected chi connectivity index (χ2v) is 9.56. The van der Waals surface area contributed by atoms with Gasteiger partial charge in [-0.25, -0.2) is 0 Å². The third-order valence-corrected chi connectivity index (χ3v) is 7.22. The van der Waals surface area contributed by atoms with Crippen LogP contribution in [0.2, 0.25) is 0 Å². The van der Waals surface area contributed by atoms with Gasteiger partial charge in [0.2, 0.25) is 0 Å². The van der Waals surface area contributed by atoms with Gasteiger partial charge in [-0.15, -0.1) is 0 Å². The molecule has 3 aliphatic carbocycles. The average Bonchev–Trinajstić information content (AvgIpc) is 2.99. The molecule has 2 fully saturated rings. The Morgan fingerprint density at radius 3 is 2.81 bits per heavy atom. The maximum absolute atomic E-state index is 13.9. The summed E-state index contributed by atoms with van der Waals surface area (Å²) in [6, 6.07) is 4.81. The second-order valence-electron chi connectivity index (χ2n) is 9.56. The largest absolute Gasteiger partial charge is 0.507 e. The van der Waals surface area contributed by atoms with Crippen LogP contribution in [0.4, 0.5) is 0 Å². The van der Waals surface area contributed by atoms with E-state index in [0.717, 1.165) is 5.57 Å². The van der Waals surface area contributed by atoms with E-state index in [0.29, 0.717) is 31.0 Å². The number of hydrogen-bond acceptors (Lipinski definition) is 6. The number of benzene rings is 1. The van der Waals surface area contributed by atoms with E-state index in [1.54, 1.807) is 18.2 Å².